The molecule has 0 aliphatic carbocycles. The average molecular weight is 290 g/mol. The van der Waals surface area contributed by atoms with E-state index in [-0.39, 0.29) is 0 Å². The van der Waals surface area contributed by atoms with Gasteiger partial charge >= 0.3 is 0 Å². The molecule has 0 bridgehead atoms. The van der Waals surface area contributed by atoms with Crippen LogP contribution in [0.25, 0.3) is 0 Å². The molecule has 1 N–H and O–H groups in total. The summed E-state index contributed by atoms with van der Waals surface area (Å²) < 4.78 is 1.92. The Bertz CT molecular complexity index is 519. The zero-order chi connectivity index (χ0) is 14.4. The molecule has 2 aromatic rings. The Morgan fingerprint density at radius 3 is 2.70 bits per heavy atom. The maximum atomic E-state index is 4.17. The van der Waals surface area contributed by atoms with Gasteiger partial charge in [0.05, 0.1) is 12.2 Å². The van der Waals surface area contributed by atoms with Gasteiger partial charge in [-0.3, -0.25) is 4.68 Å². The van der Waals surface area contributed by atoms with Crippen LogP contribution < -0.4 is 5.32 Å². The summed E-state index contributed by atoms with van der Waals surface area (Å²) in [6, 6.07) is 9.09. The molecule has 1 aromatic carbocycles. The standard InChI is InChI=1S/C15H22N4S/c1-12(2)16-10-14-11-19(18-17-14)8-9-20-15-6-4-13(3)5-7-15/h4-7,11-12,16H,8-10H2,1-3H3. The smallest absolute Gasteiger partial charge is 0.0964 e. The Balaban J connectivity index is 1.75. The van der Waals surface area contributed by atoms with Gasteiger partial charge in [0.2, 0.25) is 0 Å². The van der Waals surface area contributed by atoms with E-state index in [1.54, 1.807) is 0 Å². The molecule has 0 aliphatic rings. The number of rotatable bonds is 7. The van der Waals surface area contributed by atoms with Crippen molar-refractivity contribution in [1.29, 1.82) is 0 Å². The third-order valence-corrected chi connectivity index (χ3v) is 3.88. The zero-order valence-corrected chi connectivity index (χ0v) is 13.2. The van der Waals surface area contributed by atoms with Gasteiger partial charge in [-0.05, 0) is 19.1 Å². The van der Waals surface area contributed by atoms with Crippen LogP contribution in [0.2, 0.25) is 0 Å². The number of aromatic nitrogens is 3. The number of thioether (sulfide) groups is 1. The molecule has 4 nitrogen and oxygen atoms in total. The molecule has 0 saturated carbocycles. The van der Waals surface area contributed by atoms with Gasteiger partial charge < -0.3 is 5.32 Å². The molecule has 0 amide bonds. The van der Waals surface area contributed by atoms with E-state index < -0.39 is 0 Å². The number of nitrogens with zero attached hydrogens (tertiary/aromatic N) is 3. The summed E-state index contributed by atoms with van der Waals surface area (Å²) >= 11 is 1.85. The lowest BCUT2D eigenvalue weighted by Gasteiger charge is -2.04. The quantitative estimate of drug-likeness (QED) is 0.796. The Kier molecular flexibility index (Phi) is 5.61. The van der Waals surface area contributed by atoms with Crippen molar-refractivity contribution in [3.05, 3.63) is 41.7 Å². The second kappa shape index (κ2) is 7.45. The van der Waals surface area contributed by atoms with Crippen molar-refractivity contribution in [3.8, 4) is 0 Å². The summed E-state index contributed by atoms with van der Waals surface area (Å²) in [4.78, 5) is 1.30. The SMILES string of the molecule is Cc1ccc(SCCn2cc(CNC(C)C)nn2)cc1. The van der Waals surface area contributed by atoms with E-state index >= 15 is 0 Å². The number of hydrogen-bond acceptors (Lipinski definition) is 4. The van der Waals surface area contributed by atoms with Crippen molar-refractivity contribution in [2.24, 2.45) is 0 Å². The van der Waals surface area contributed by atoms with Crippen LogP contribution in [0.5, 0.6) is 0 Å². The molecule has 0 aliphatic heterocycles. The van der Waals surface area contributed by atoms with Gasteiger partial charge in [-0.1, -0.05) is 36.8 Å². The van der Waals surface area contributed by atoms with E-state index in [4.69, 9.17) is 0 Å². The van der Waals surface area contributed by atoms with Gasteiger partial charge in [-0.2, -0.15) is 0 Å². The molecule has 0 saturated heterocycles. The number of benzene rings is 1. The van der Waals surface area contributed by atoms with E-state index in [9.17, 15) is 0 Å². The molecular formula is C15H22N4S. The van der Waals surface area contributed by atoms with Crippen molar-refractivity contribution in [1.82, 2.24) is 20.3 Å². The first-order valence-corrected chi connectivity index (χ1v) is 7.94. The van der Waals surface area contributed by atoms with Crippen molar-refractivity contribution in [2.75, 3.05) is 5.75 Å². The lowest BCUT2D eigenvalue weighted by Crippen LogP contribution is -2.21. The average Bonchev–Trinajstić information content (AvgIpc) is 2.87. The minimum Gasteiger partial charge on any atom is -0.309 e. The second-order valence-electron chi connectivity index (χ2n) is 5.17. The molecule has 0 radical (unpaired) electrons. The Labute approximate surface area is 125 Å². The molecule has 0 atom stereocenters. The Morgan fingerprint density at radius 2 is 2.00 bits per heavy atom. The summed E-state index contributed by atoms with van der Waals surface area (Å²) in [5.74, 6) is 1.00. The van der Waals surface area contributed by atoms with Gasteiger partial charge in [0.25, 0.3) is 0 Å². The minimum atomic E-state index is 0.470. The van der Waals surface area contributed by atoms with E-state index in [0.717, 1.165) is 24.5 Å². The highest BCUT2D eigenvalue weighted by Gasteiger charge is 2.02. The zero-order valence-electron chi connectivity index (χ0n) is 12.3. The molecule has 20 heavy (non-hydrogen) atoms. The Hall–Kier alpha value is -1.33. The van der Waals surface area contributed by atoms with Crippen LogP contribution in [0, 0.1) is 6.92 Å². The normalized spacial score (nSPS) is 11.2. The topological polar surface area (TPSA) is 42.7 Å². The summed E-state index contributed by atoms with van der Waals surface area (Å²) in [6.07, 6.45) is 2.02. The molecule has 0 unspecified atom stereocenters. The van der Waals surface area contributed by atoms with Crippen molar-refractivity contribution >= 4 is 11.8 Å². The van der Waals surface area contributed by atoms with E-state index in [1.807, 2.05) is 22.6 Å². The second-order valence-corrected chi connectivity index (χ2v) is 6.34. The first-order chi connectivity index (χ1) is 9.63. The molecule has 2 rings (SSSR count). The molecule has 108 valence electrons. The first kappa shape index (κ1) is 15.1. The molecular weight excluding hydrogens is 268 g/mol. The predicted octanol–water partition coefficient (Wildman–Crippen LogP) is 2.88. The maximum absolute atomic E-state index is 4.17. The fourth-order valence-electron chi connectivity index (χ4n) is 1.73. The number of nitrogens with one attached hydrogen (secondary N) is 1. The highest BCUT2D eigenvalue weighted by molar-refractivity contribution is 7.99. The van der Waals surface area contributed by atoms with E-state index in [0.29, 0.717) is 6.04 Å². The molecule has 5 heteroatoms. The third kappa shape index (κ3) is 4.98. The van der Waals surface area contributed by atoms with Crippen molar-refractivity contribution in [2.45, 2.75) is 44.8 Å². The summed E-state index contributed by atoms with van der Waals surface area (Å²) in [7, 11) is 0. The van der Waals surface area contributed by atoms with Crippen LogP contribution in [0.4, 0.5) is 0 Å². The Morgan fingerprint density at radius 1 is 1.25 bits per heavy atom. The molecule has 0 spiro atoms. The highest BCUT2D eigenvalue weighted by Crippen LogP contribution is 2.18. The van der Waals surface area contributed by atoms with Crippen LogP contribution >= 0.6 is 11.8 Å². The largest absolute Gasteiger partial charge is 0.309 e. The first-order valence-electron chi connectivity index (χ1n) is 6.95. The summed E-state index contributed by atoms with van der Waals surface area (Å²) in [6.45, 7) is 8.03. The van der Waals surface area contributed by atoms with Gasteiger partial charge in [0.15, 0.2) is 0 Å². The molecule has 0 fully saturated rings. The lowest BCUT2D eigenvalue weighted by molar-refractivity contribution is 0.580. The summed E-state index contributed by atoms with van der Waals surface area (Å²) in [5.41, 5.74) is 2.30. The molecule has 1 aromatic heterocycles. The fraction of sp³-hybridized carbons (Fsp3) is 0.467. The van der Waals surface area contributed by atoms with Gasteiger partial charge in [0, 0.05) is 29.4 Å². The lowest BCUT2D eigenvalue weighted by atomic mass is 10.2. The van der Waals surface area contributed by atoms with Gasteiger partial charge in [-0.15, -0.1) is 16.9 Å². The third-order valence-electron chi connectivity index (χ3n) is 2.89. The number of hydrogen-bond donors (Lipinski definition) is 1. The maximum Gasteiger partial charge on any atom is 0.0964 e. The van der Waals surface area contributed by atoms with Crippen LogP contribution in [0.1, 0.15) is 25.1 Å². The van der Waals surface area contributed by atoms with Crippen molar-refractivity contribution < 1.29 is 0 Å². The van der Waals surface area contributed by atoms with Gasteiger partial charge in [0.1, 0.15) is 0 Å². The number of aryl methyl sites for hydroxylation is 2. The summed E-state index contributed by atoms with van der Waals surface area (Å²) in [5, 5.41) is 11.7. The minimum absolute atomic E-state index is 0.470. The predicted molar refractivity (Wildman–Crippen MR) is 83.9 cm³/mol. The van der Waals surface area contributed by atoms with Crippen LogP contribution in [0.15, 0.2) is 35.4 Å². The van der Waals surface area contributed by atoms with E-state index in [1.165, 1.54) is 10.5 Å². The van der Waals surface area contributed by atoms with Gasteiger partial charge in [-0.25, -0.2) is 0 Å². The van der Waals surface area contributed by atoms with Crippen LogP contribution in [0.3, 0.4) is 0 Å². The molecule has 1 heterocycles. The fourth-order valence-corrected chi connectivity index (χ4v) is 2.57. The monoisotopic (exact) mass is 290 g/mol. The van der Waals surface area contributed by atoms with Crippen LogP contribution in [-0.4, -0.2) is 26.8 Å². The highest BCUT2D eigenvalue weighted by atomic mass is 32.2. The van der Waals surface area contributed by atoms with Crippen molar-refractivity contribution in [3.63, 3.8) is 0 Å². The van der Waals surface area contributed by atoms with E-state index in [2.05, 4.69) is 60.7 Å². The van der Waals surface area contributed by atoms with Crippen LogP contribution in [-0.2, 0) is 13.1 Å².